The van der Waals surface area contributed by atoms with Crippen LogP contribution in [0.15, 0.2) is 0 Å². The first-order valence-electron chi connectivity index (χ1n) is 6.97. The lowest BCUT2D eigenvalue weighted by Gasteiger charge is -2.22. The van der Waals surface area contributed by atoms with Gasteiger partial charge in [0.1, 0.15) is 4.88 Å². The topological polar surface area (TPSA) is 68.3 Å². The summed E-state index contributed by atoms with van der Waals surface area (Å²) in [6, 6.07) is 0.238. The fourth-order valence-electron chi connectivity index (χ4n) is 2.43. The lowest BCUT2D eigenvalue weighted by atomic mass is 9.95. The van der Waals surface area contributed by atoms with E-state index in [4.69, 9.17) is 4.74 Å². The number of aromatic nitrogens is 1. The van der Waals surface area contributed by atoms with Gasteiger partial charge in [-0.15, -0.1) is 11.3 Å². The van der Waals surface area contributed by atoms with Gasteiger partial charge in [-0.25, -0.2) is 9.78 Å². The minimum atomic E-state index is -0.466. The highest BCUT2D eigenvalue weighted by molar-refractivity contribution is 7.13. The molecule has 1 amide bonds. The van der Waals surface area contributed by atoms with Crippen molar-refractivity contribution in [3.8, 4) is 0 Å². The van der Waals surface area contributed by atoms with Crippen LogP contribution in [0.4, 0.5) is 0 Å². The number of nitrogens with zero attached hydrogens (tertiary/aromatic N) is 1. The summed E-state index contributed by atoms with van der Waals surface area (Å²) < 4.78 is 5.05. The molecular formula is C14H20N2O3S. The number of esters is 1. The van der Waals surface area contributed by atoms with E-state index in [2.05, 4.69) is 10.3 Å². The van der Waals surface area contributed by atoms with Crippen LogP contribution in [0.3, 0.4) is 0 Å². The largest absolute Gasteiger partial charge is 0.451 e. The number of hydrogen-bond donors (Lipinski definition) is 1. The summed E-state index contributed by atoms with van der Waals surface area (Å²) in [4.78, 5) is 28.2. The predicted molar refractivity (Wildman–Crippen MR) is 76.9 cm³/mol. The van der Waals surface area contributed by atoms with E-state index < -0.39 is 5.97 Å². The van der Waals surface area contributed by atoms with Gasteiger partial charge in [0.05, 0.1) is 10.7 Å². The molecule has 1 N–H and O–H groups in total. The molecular weight excluding hydrogens is 276 g/mol. The second-order valence-corrected chi connectivity index (χ2v) is 6.33. The maximum atomic E-state index is 11.8. The first-order valence-corrected chi connectivity index (χ1v) is 7.78. The summed E-state index contributed by atoms with van der Waals surface area (Å²) in [6.45, 7) is 3.39. The molecule has 0 bridgehead atoms. The van der Waals surface area contributed by atoms with Crippen molar-refractivity contribution in [1.29, 1.82) is 0 Å². The van der Waals surface area contributed by atoms with E-state index in [1.807, 2.05) is 6.92 Å². The molecule has 20 heavy (non-hydrogen) atoms. The molecule has 1 saturated carbocycles. The van der Waals surface area contributed by atoms with E-state index in [9.17, 15) is 9.59 Å². The van der Waals surface area contributed by atoms with Gasteiger partial charge in [0.15, 0.2) is 6.61 Å². The van der Waals surface area contributed by atoms with Crippen LogP contribution in [-0.4, -0.2) is 29.5 Å². The molecule has 0 saturated heterocycles. The van der Waals surface area contributed by atoms with Crippen molar-refractivity contribution < 1.29 is 14.3 Å². The Morgan fingerprint density at radius 2 is 2.00 bits per heavy atom. The zero-order valence-electron chi connectivity index (χ0n) is 11.9. The van der Waals surface area contributed by atoms with E-state index in [1.165, 1.54) is 17.8 Å². The smallest absolute Gasteiger partial charge is 0.350 e. The summed E-state index contributed by atoms with van der Waals surface area (Å²) in [5, 5.41) is 3.74. The minimum absolute atomic E-state index is 0.217. The first-order chi connectivity index (χ1) is 9.56. The van der Waals surface area contributed by atoms with Gasteiger partial charge in [-0.05, 0) is 26.7 Å². The Morgan fingerprint density at radius 3 is 2.60 bits per heavy atom. The minimum Gasteiger partial charge on any atom is -0.451 e. The quantitative estimate of drug-likeness (QED) is 0.866. The monoisotopic (exact) mass is 296 g/mol. The Balaban J connectivity index is 1.78. The molecule has 0 atom stereocenters. The third-order valence-electron chi connectivity index (χ3n) is 3.39. The molecule has 5 nitrogen and oxygen atoms in total. The highest BCUT2D eigenvalue weighted by Crippen LogP contribution is 2.18. The average Bonchev–Trinajstić information content (AvgIpc) is 2.76. The third-order valence-corrected chi connectivity index (χ3v) is 4.45. The van der Waals surface area contributed by atoms with Crippen molar-refractivity contribution in [2.45, 2.75) is 52.0 Å². The molecule has 2 rings (SSSR count). The summed E-state index contributed by atoms with van der Waals surface area (Å²) >= 11 is 1.29. The third kappa shape index (κ3) is 4.03. The second kappa shape index (κ2) is 6.83. The van der Waals surface area contributed by atoms with Gasteiger partial charge in [0, 0.05) is 6.04 Å². The highest BCUT2D eigenvalue weighted by Gasteiger charge is 2.19. The molecule has 1 aromatic rings. The fourth-order valence-corrected chi connectivity index (χ4v) is 3.25. The van der Waals surface area contributed by atoms with Crippen molar-refractivity contribution in [2.75, 3.05) is 6.61 Å². The molecule has 1 aromatic heterocycles. The standard InChI is InChI=1S/C14H20N2O3S/c1-9-13(20-10(2)15-9)14(18)19-8-12(17)16-11-6-4-3-5-7-11/h11H,3-8H2,1-2H3,(H,16,17). The van der Waals surface area contributed by atoms with Crippen molar-refractivity contribution in [3.05, 3.63) is 15.6 Å². The van der Waals surface area contributed by atoms with Crippen LogP contribution in [0.2, 0.25) is 0 Å². The van der Waals surface area contributed by atoms with Crippen LogP contribution in [0, 0.1) is 13.8 Å². The molecule has 0 spiro atoms. The maximum Gasteiger partial charge on any atom is 0.350 e. The van der Waals surface area contributed by atoms with Crippen LogP contribution in [-0.2, 0) is 9.53 Å². The first kappa shape index (κ1) is 15.0. The van der Waals surface area contributed by atoms with E-state index in [-0.39, 0.29) is 18.6 Å². The number of rotatable bonds is 4. The number of ether oxygens (including phenoxy) is 1. The fraction of sp³-hybridized carbons (Fsp3) is 0.643. The SMILES string of the molecule is Cc1nc(C)c(C(=O)OCC(=O)NC2CCCCC2)s1. The zero-order chi connectivity index (χ0) is 14.5. The van der Waals surface area contributed by atoms with Gasteiger partial charge in [-0.2, -0.15) is 0 Å². The van der Waals surface area contributed by atoms with Crippen LogP contribution < -0.4 is 5.32 Å². The van der Waals surface area contributed by atoms with Gasteiger partial charge in [0.25, 0.3) is 5.91 Å². The van der Waals surface area contributed by atoms with Crippen molar-refractivity contribution >= 4 is 23.2 Å². The summed E-state index contributed by atoms with van der Waals surface area (Å²) in [6.07, 6.45) is 5.60. The lowest BCUT2D eigenvalue weighted by Crippen LogP contribution is -2.38. The van der Waals surface area contributed by atoms with Crippen LogP contribution in [0.1, 0.15) is 52.5 Å². The van der Waals surface area contributed by atoms with Crippen molar-refractivity contribution in [1.82, 2.24) is 10.3 Å². The molecule has 110 valence electrons. The Kier molecular flexibility index (Phi) is 5.11. The number of amides is 1. The Hall–Kier alpha value is -1.43. The van der Waals surface area contributed by atoms with E-state index in [1.54, 1.807) is 6.92 Å². The predicted octanol–water partition coefficient (Wildman–Crippen LogP) is 2.37. The number of carbonyl (C=O) groups is 2. The molecule has 6 heteroatoms. The van der Waals surface area contributed by atoms with Crippen LogP contribution in [0.5, 0.6) is 0 Å². The Bertz CT molecular complexity index is 493. The number of carbonyl (C=O) groups excluding carboxylic acids is 2. The molecule has 0 radical (unpaired) electrons. The highest BCUT2D eigenvalue weighted by atomic mass is 32.1. The Labute approximate surface area is 122 Å². The second-order valence-electron chi connectivity index (χ2n) is 5.13. The number of thiazole rings is 1. The molecule has 1 heterocycles. The summed E-state index contributed by atoms with van der Waals surface area (Å²) in [5.41, 5.74) is 0.658. The van der Waals surface area contributed by atoms with Crippen molar-refractivity contribution in [3.63, 3.8) is 0 Å². The van der Waals surface area contributed by atoms with Crippen LogP contribution >= 0.6 is 11.3 Å². The molecule has 1 aliphatic rings. The average molecular weight is 296 g/mol. The molecule has 0 aromatic carbocycles. The van der Waals surface area contributed by atoms with Gasteiger partial charge in [0.2, 0.25) is 0 Å². The van der Waals surface area contributed by atoms with Crippen LogP contribution in [0.25, 0.3) is 0 Å². The molecule has 1 fully saturated rings. The van der Waals surface area contributed by atoms with Crippen molar-refractivity contribution in [2.24, 2.45) is 0 Å². The lowest BCUT2D eigenvalue weighted by molar-refractivity contribution is -0.125. The van der Waals surface area contributed by atoms with Gasteiger partial charge in [-0.1, -0.05) is 19.3 Å². The van der Waals surface area contributed by atoms with E-state index >= 15 is 0 Å². The molecule has 0 aliphatic heterocycles. The van der Waals surface area contributed by atoms with Gasteiger partial charge < -0.3 is 10.1 Å². The number of nitrogens with one attached hydrogen (secondary N) is 1. The van der Waals surface area contributed by atoms with E-state index in [0.717, 1.165) is 30.7 Å². The van der Waals surface area contributed by atoms with Gasteiger partial charge in [-0.3, -0.25) is 4.79 Å². The number of aryl methyl sites for hydroxylation is 2. The Morgan fingerprint density at radius 1 is 1.30 bits per heavy atom. The zero-order valence-corrected chi connectivity index (χ0v) is 12.7. The number of hydrogen-bond acceptors (Lipinski definition) is 5. The normalized spacial score (nSPS) is 15.9. The summed E-state index contributed by atoms with van der Waals surface area (Å²) in [5.74, 6) is -0.684. The summed E-state index contributed by atoms with van der Waals surface area (Å²) in [7, 11) is 0. The maximum absolute atomic E-state index is 11.8. The molecule has 0 unspecified atom stereocenters. The van der Waals surface area contributed by atoms with E-state index in [0.29, 0.717) is 10.6 Å². The molecule has 1 aliphatic carbocycles. The van der Waals surface area contributed by atoms with Gasteiger partial charge >= 0.3 is 5.97 Å².